The van der Waals surface area contributed by atoms with Crippen molar-refractivity contribution in [3.63, 3.8) is 0 Å². The van der Waals surface area contributed by atoms with E-state index in [2.05, 4.69) is 15.6 Å². The van der Waals surface area contributed by atoms with E-state index in [9.17, 15) is 14.4 Å². The van der Waals surface area contributed by atoms with Gasteiger partial charge in [0.05, 0.1) is 23.4 Å². The Bertz CT molecular complexity index is 872. The Morgan fingerprint density at radius 3 is 2.46 bits per heavy atom. The lowest BCUT2D eigenvalue weighted by atomic mass is 10.1. The van der Waals surface area contributed by atoms with Crippen molar-refractivity contribution in [2.24, 2.45) is 0 Å². The summed E-state index contributed by atoms with van der Waals surface area (Å²) < 4.78 is 0. The molecule has 1 aromatic carbocycles. The lowest BCUT2D eigenvalue weighted by molar-refractivity contribution is 0.0507. The van der Waals surface area contributed by atoms with Gasteiger partial charge < -0.3 is 10.6 Å². The first kappa shape index (κ1) is 17.6. The number of fused-ring (bicyclic) bond motifs is 1. The molecule has 2 heterocycles. The SMILES string of the molecule is CC(C)(C)N1C(=O)c2ccc(NC(=O)NCc3ccccn3)cc2C1=O. The molecule has 1 aliphatic heterocycles. The van der Waals surface area contributed by atoms with E-state index in [1.165, 1.54) is 11.0 Å². The highest BCUT2D eigenvalue weighted by molar-refractivity contribution is 6.22. The van der Waals surface area contributed by atoms with E-state index in [0.717, 1.165) is 5.69 Å². The number of anilines is 1. The number of carbonyl (C=O) groups excluding carboxylic acids is 3. The van der Waals surface area contributed by atoms with E-state index in [0.29, 0.717) is 16.8 Å². The molecular weight excluding hydrogens is 332 g/mol. The first-order valence-electron chi connectivity index (χ1n) is 8.25. The first-order valence-corrected chi connectivity index (χ1v) is 8.25. The molecular formula is C19H20N4O3. The van der Waals surface area contributed by atoms with Gasteiger partial charge in [0.25, 0.3) is 11.8 Å². The number of imide groups is 1. The fourth-order valence-corrected chi connectivity index (χ4v) is 2.78. The Labute approximate surface area is 151 Å². The maximum Gasteiger partial charge on any atom is 0.319 e. The highest BCUT2D eigenvalue weighted by atomic mass is 16.2. The average Bonchev–Trinajstić information content (AvgIpc) is 2.84. The number of pyridine rings is 1. The molecule has 0 spiro atoms. The molecule has 26 heavy (non-hydrogen) atoms. The second-order valence-corrected chi connectivity index (χ2v) is 7.01. The van der Waals surface area contributed by atoms with E-state index >= 15 is 0 Å². The van der Waals surface area contributed by atoms with Gasteiger partial charge in [-0.3, -0.25) is 19.5 Å². The topological polar surface area (TPSA) is 91.4 Å². The van der Waals surface area contributed by atoms with Gasteiger partial charge >= 0.3 is 6.03 Å². The fraction of sp³-hybridized carbons (Fsp3) is 0.263. The Morgan fingerprint density at radius 1 is 1.08 bits per heavy atom. The summed E-state index contributed by atoms with van der Waals surface area (Å²) in [7, 11) is 0. The number of carbonyl (C=O) groups is 3. The summed E-state index contributed by atoms with van der Waals surface area (Å²) in [5.74, 6) is -0.668. The smallest absolute Gasteiger partial charge is 0.319 e. The lowest BCUT2D eigenvalue weighted by Gasteiger charge is -2.29. The van der Waals surface area contributed by atoms with Gasteiger partial charge in [0, 0.05) is 17.4 Å². The van der Waals surface area contributed by atoms with Gasteiger partial charge in [0.1, 0.15) is 0 Å². The maximum atomic E-state index is 12.6. The Hall–Kier alpha value is -3.22. The van der Waals surface area contributed by atoms with Crippen molar-refractivity contribution in [3.8, 4) is 0 Å². The Kier molecular flexibility index (Phi) is 4.46. The number of nitrogens with zero attached hydrogens (tertiary/aromatic N) is 2. The summed E-state index contributed by atoms with van der Waals surface area (Å²) in [6.45, 7) is 5.70. The Morgan fingerprint density at radius 2 is 1.81 bits per heavy atom. The van der Waals surface area contributed by atoms with Crippen LogP contribution in [0.1, 0.15) is 47.2 Å². The summed E-state index contributed by atoms with van der Waals surface area (Å²) >= 11 is 0. The number of urea groups is 1. The molecule has 0 saturated heterocycles. The molecule has 7 nitrogen and oxygen atoms in total. The van der Waals surface area contributed by atoms with Crippen LogP contribution >= 0.6 is 0 Å². The zero-order valence-electron chi connectivity index (χ0n) is 14.9. The molecule has 134 valence electrons. The van der Waals surface area contributed by atoms with Crippen LogP contribution in [0.5, 0.6) is 0 Å². The van der Waals surface area contributed by atoms with Gasteiger partial charge in [-0.25, -0.2) is 4.79 Å². The number of nitrogens with one attached hydrogen (secondary N) is 2. The van der Waals surface area contributed by atoms with Crippen molar-refractivity contribution in [1.29, 1.82) is 0 Å². The number of amides is 4. The third-order valence-corrected chi connectivity index (χ3v) is 3.97. The Balaban J connectivity index is 1.71. The van der Waals surface area contributed by atoms with Crippen molar-refractivity contribution in [1.82, 2.24) is 15.2 Å². The highest BCUT2D eigenvalue weighted by Crippen LogP contribution is 2.30. The number of rotatable bonds is 3. The van der Waals surface area contributed by atoms with Crippen LogP contribution in [0.3, 0.4) is 0 Å². The third-order valence-electron chi connectivity index (χ3n) is 3.97. The maximum absolute atomic E-state index is 12.6. The summed E-state index contributed by atoms with van der Waals surface area (Å²) in [5.41, 5.74) is 1.22. The van der Waals surface area contributed by atoms with E-state index in [1.54, 1.807) is 51.2 Å². The molecule has 1 aliphatic rings. The van der Waals surface area contributed by atoms with Crippen LogP contribution in [0.15, 0.2) is 42.6 Å². The first-order chi connectivity index (χ1) is 12.3. The molecule has 7 heteroatoms. The molecule has 0 bridgehead atoms. The van der Waals surface area contributed by atoms with E-state index in [1.807, 2.05) is 6.07 Å². The lowest BCUT2D eigenvalue weighted by Crippen LogP contribution is -2.45. The van der Waals surface area contributed by atoms with Crippen molar-refractivity contribution in [2.45, 2.75) is 32.9 Å². The summed E-state index contributed by atoms with van der Waals surface area (Å²) in [4.78, 5) is 42.4. The second-order valence-electron chi connectivity index (χ2n) is 7.01. The number of aromatic nitrogens is 1. The third kappa shape index (κ3) is 3.42. The number of benzene rings is 1. The molecule has 0 fully saturated rings. The molecule has 0 aliphatic carbocycles. The number of hydrogen-bond acceptors (Lipinski definition) is 4. The van der Waals surface area contributed by atoms with Crippen molar-refractivity contribution in [2.75, 3.05) is 5.32 Å². The van der Waals surface area contributed by atoms with Crippen molar-refractivity contribution < 1.29 is 14.4 Å². The van der Waals surface area contributed by atoms with Gasteiger partial charge in [-0.1, -0.05) is 6.07 Å². The summed E-state index contributed by atoms with van der Waals surface area (Å²) in [5, 5.41) is 5.36. The normalized spacial score (nSPS) is 13.6. The standard InChI is InChI=1S/C19H20N4O3/c1-19(2,3)23-16(24)14-8-7-12(10-15(14)17(23)25)22-18(26)21-11-13-6-4-5-9-20-13/h4-10H,11H2,1-3H3,(H2,21,22,26). The largest absolute Gasteiger partial charge is 0.332 e. The van der Waals surface area contributed by atoms with Crippen LogP contribution in [0.4, 0.5) is 10.5 Å². The zero-order chi connectivity index (χ0) is 18.9. The van der Waals surface area contributed by atoms with Crippen LogP contribution < -0.4 is 10.6 Å². The van der Waals surface area contributed by atoms with Crippen LogP contribution in [0.25, 0.3) is 0 Å². The van der Waals surface area contributed by atoms with Gasteiger partial charge in [0.15, 0.2) is 0 Å². The summed E-state index contributed by atoms with van der Waals surface area (Å²) in [6, 6.07) is 9.73. The molecule has 2 N–H and O–H groups in total. The quantitative estimate of drug-likeness (QED) is 0.831. The molecule has 3 rings (SSSR count). The highest BCUT2D eigenvalue weighted by Gasteiger charge is 2.41. The van der Waals surface area contributed by atoms with Crippen molar-refractivity contribution >= 4 is 23.5 Å². The van der Waals surface area contributed by atoms with E-state index in [-0.39, 0.29) is 18.4 Å². The van der Waals surface area contributed by atoms with Crippen molar-refractivity contribution in [3.05, 3.63) is 59.4 Å². The minimum atomic E-state index is -0.610. The minimum Gasteiger partial charge on any atom is -0.332 e. The zero-order valence-corrected chi connectivity index (χ0v) is 14.9. The van der Waals surface area contributed by atoms with Gasteiger partial charge in [-0.2, -0.15) is 0 Å². The van der Waals surface area contributed by atoms with Gasteiger partial charge in [-0.05, 0) is 51.1 Å². The predicted molar refractivity (Wildman–Crippen MR) is 96.8 cm³/mol. The molecule has 4 amide bonds. The summed E-state index contributed by atoms with van der Waals surface area (Å²) in [6.07, 6.45) is 1.65. The molecule has 0 atom stereocenters. The monoisotopic (exact) mass is 352 g/mol. The van der Waals surface area contributed by atoms with E-state index in [4.69, 9.17) is 0 Å². The van der Waals surface area contributed by atoms with Gasteiger partial charge in [-0.15, -0.1) is 0 Å². The predicted octanol–water partition coefficient (Wildman–Crippen LogP) is 2.80. The van der Waals surface area contributed by atoms with Crippen LogP contribution in [-0.4, -0.2) is 33.3 Å². The van der Waals surface area contributed by atoms with Gasteiger partial charge in [0.2, 0.25) is 0 Å². The second kappa shape index (κ2) is 6.59. The average molecular weight is 352 g/mol. The minimum absolute atomic E-state index is 0.285. The fourth-order valence-electron chi connectivity index (χ4n) is 2.78. The van der Waals surface area contributed by atoms with Crippen LogP contribution in [0.2, 0.25) is 0 Å². The number of hydrogen-bond donors (Lipinski definition) is 2. The van der Waals surface area contributed by atoms with Crippen LogP contribution in [0, 0.1) is 0 Å². The molecule has 0 radical (unpaired) electrons. The van der Waals surface area contributed by atoms with Crippen LogP contribution in [-0.2, 0) is 6.54 Å². The molecule has 2 aromatic rings. The van der Waals surface area contributed by atoms with E-state index < -0.39 is 11.6 Å². The molecule has 0 saturated carbocycles. The molecule has 0 unspecified atom stereocenters. The molecule has 1 aromatic heterocycles.